The van der Waals surface area contributed by atoms with E-state index < -0.39 is 5.41 Å². The molecule has 0 fully saturated rings. The normalized spacial score (nSPS) is 15.2. The summed E-state index contributed by atoms with van der Waals surface area (Å²) in [6.07, 6.45) is 4.89. The number of fused-ring (bicyclic) bond motifs is 1. The molecule has 0 aliphatic carbocycles. The van der Waals surface area contributed by atoms with Gasteiger partial charge in [0.05, 0.1) is 12.0 Å². The molecular weight excluding hydrogens is 318 g/mol. The van der Waals surface area contributed by atoms with Gasteiger partial charge in [0.2, 0.25) is 5.91 Å². The van der Waals surface area contributed by atoms with Crippen molar-refractivity contribution in [3.05, 3.63) is 29.3 Å². The summed E-state index contributed by atoms with van der Waals surface area (Å²) in [7, 11) is 0. The van der Waals surface area contributed by atoms with Crippen molar-refractivity contribution in [1.82, 2.24) is 0 Å². The van der Waals surface area contributed by atoms with Crippen molar-refractivity contribution in [2.24, 2.45) is 0 Å². The maximum atomic E-state index is 12.7. The number of aldehydes is 1. The molecule has 0 N–H and O–H groups in total. The number of ether oxygens (including phenoxy) is 1. The zero-order chi connectivity index (χ0) is 18.4. The molecular formula is C20H27NO4. The number of hydrogen-bond acceptors (Lipinski definition) is 4. The molecule has 1 heterocycles. The Bertz CT molecular complexity index is 651. The quantitative estimate of drug-likeness (QED) is 0.389. The number of anilines is 1. The highest BCUT2D eigenvalue weighted by Crippen LogP contribution is 2.41. The van der Waals surface area contributed by atoms with E-state index in [0.717, 1.165) is 43.2 Å². The summed E-state index contributed by atoms with van der Waals surface area (Å²) in [6, 6.07) is 5.44. The zero-order valence-electron chi connectivity index (χ0n) is 15.3. The first-order chi connectivity index (χ1) is 11.9. The fourth-order valence-electron chi connectivity index (χ4n) is 3.27. The number of amides is 1. The second kappa shape index (κ2) is 8.28. The molecule has 0 bridgehead atoms. The van der Waals surface area contributed by atoms with E-state index in [4.69, 9.17) is 4.74 Å². The Morgan fingerprint density at radius 1 is 1.20 bits per heavy atom. The van der Waals surface area contributed by atoms with E-state index >= 15 is 0 Å². The topological polar surface area (TPSA) is 63.7 Å². The van der Waals surface area contributed by atoms with Crippen LogP contribution in [0.25, 0.3) is 0 Å². The third kappa shape index (κ3) is 4.27. The maximum absolute atomic E-state index is 12.7. The first-order valence-corrected chi connectivity index (χ1v) is 8.99. The molecule has 0 aromatic heterocycles. The van der Waals surface area contributed by atoms with Crippen molar-refractivity contribution in [2.75, 3.05) is 18.1 Å². The minimum absolute atomic E-state index is 0.0806. The van der Waals surface area contributed by atoms with Gasteiger partial charge in [-0.15, -0.1) is 0 Å². The lowest BCUT2D eigenvalue weighted by atomic mass is 9.85. The van der Waals surface area contributed by atoms with Crippen molar-refractivity contribution >= 4 is 23.9 Å². The highest BCUT2D eigenvalue weighted by molar-refractivity contribution is 6.08. The summed E-state index contributed by atoms with van der Waals surface area (Å²) in [5, 5.41) is 0. The number of benzene rings is 1. The van der Waals surface area contributed by atoms with Gasteiger partial charge in [0, 0.05) is 24.2 Å². The van der Waals surface area contributed by atoms with E-state index in [9.17, 15) is 14.4 Å². The molecule has 5 nitrogen and oxygen atoms in total. The van der Waals surface area contributed by atoms with Crippen molar-refractivity contribution < 1.29 is 19.1 Å². The number of esters is 1. The van der Waals surface area contributed by atoms with Crippen LogP contribution in [0.5, 0.6) is 0 Å². The average molecular weight is 345 g/mol. The van der Waals surface area contributed by atoms with Crippen molar-refractivity contribution in [1.29, 1.82) is 0 Å². The first kappa shape index (κ1) is 19.2. The highest BCUT2D eigenvalue weighted by atomic mass is 16.5. The van der Waals surface area contributed by atoms with Gasteiger partial charge < -0.3 is 9.64 Å². The Morgan fingerprint density at radius 2 is 1.92 bits per heavy atom. The van der Waals surface area contributed by atoms with Crippen molar-refractivity contribution in [3.63, 3.8) is 0 Å². The van der Waals surface area contributed by atoms with E-state index in [1.807, 2.05) is 37.8 Å². The molecule has 0 spiro atoms. The van der Waals surface area contributed by atoms with Crippen LogP contribution in [0, 0.1) is 0 Å². The molecule has 136 valence electrons. The van der Waals surface area contributed by atoms with Gasteiger partial charge in [-0.2, -0.15) is 0 Å². The fourth-order valence-corrected chi connectivity index (χ4v) is 3.27. The maximum Gasteiger partial charge on any atom is 0.305 e. The molecule has 1 aliphatic rings. The number of carbonyl (C=O) groups excluding carboxylic acids is 3. The minimum atomic E-state index is -0.599. The molecule has 0 unspecified atom stereocenters. The molecule has 25 heavy (non-hydrogen) atoms. The van der Waals surface area contributed by atoms with Crippen LogP contribution in [0.3, 0.4) is 0 Å². The molecule has 0 radical (unpaired) electrons. The number of carbonyl (C=O) groups is 3. The van der Waals surface area contributed by atoms with Gasteiger partial charge in [0.15, 0.2) is 0 Å². The van der Waals surface area contributed by atoms with Crippen molar-refractivity contribution in [3.8, 4) is 0 Å². The molecule has 2 rings (SSSR count). The number of unbranched alkanes of at least 4 members (excludes halogenated alkanes) is 3. The largest absolute Gasteiger partial charge is 0.466 e. The molecule has 5 heteroatoms. The summed E-state index contributed by atoms with van der Waals surface area (Å²) in [5.41, 5.74) is 1.83. The highest BCUT2D eigenvalue weighted by Gasteiger charge is 2.43. The molecule has 1 amide bonds. The minimum Gasteiger partial charge on any atom is -0.466 e. The smallest absolute Gasteiger partial charge is 0.305 e. The third-order valence-corrected chi connectivity index (χ3v) is 4.72. The SMILES string of the molecule is CCOC(=O)CCCCCCN1C(=O)C(C)(C)c2cc(C=O)ccc21. The average Bonchev–Trinajstić information content (AvgIpc) is 2.78. The summed E-state index contributed by atoms with van der Waals surface area (Å²) >= 11 is 0. The lowest BCUT2D eigenvalue weighted by Crippen LogP contribution is -2.36. The summed E-state index contributed by atoms with van der Waals surface area (Å²) in [6.45, 7) is 6.71. The van der Waals surface area contributed by atoms with E-state index in [0.29, 0.717) is 25.1 Å². The molecule has 1 aromatic rings. The predicted molar refractivity (Wildman–Crippen MR) is 96.9 cm³/mol. The van der Waals surface area contributed by atoms with Gasteiger partial charge in [-0.1, -0.05) is 12.8 Å². The van der Waals surface area contributed by atoms with E-state index in [1.54, 1.807) is 6.07 Å². The Morgan fingerprint density at radius 3 is 2.60 bits per heavy atom. The van der Waals surface area contributed by atoms with Crippen LogP contribution >= 0.6 is 0 Å². The second-order valence-electron chi connectivity index (χ2n) is 6.95. The predicted octanol–water partition coefficient (Wildman–Crippen LogP) is 3.64. The summed E-state index contributed by atoms with van der Waals surface area (Å²) < 4.78 is 4.91. The second-order valence-corrected chi connectivity index (χ2v) is 6.95. The number of rotatable bonds is 9. The first-order valence-electron chi connectivity index (χ1n) is 8.99. The summed E-state index contributed by atoms with van der Waals surface area (Å²) in [4.78, 5) is 36.9. The Balaban J connectivity index is 1.88. The van der Waals surface area contributed by atoms with Crippen LogP contribution in [-0.2, 0) is 19.7 Å². The van der Waals surface area contributed by atoms with Crippen LogP contribution in [0.15, 0.2) is 18.2 Å². The van der Waals surface area contributed by atoms with E-state index in [1.165, 1.54) is 0 Å². The van der Waals surface area contributed by atoms with Crippen LogP contribution in [0.4, 0.5) is 5.69 Å². The molecule has 1 aromatic carbocycles. The van der Waals surface area contributed by atoms with Crippen LogP contribution in [0.1, 0.15) is 68.8 Å². The molecule has 1 aliphatic heterocycles. The van der Waals surface area contributed by atoms with Crippen LogP contribution < -0.4 is 4.90 Å². The van der Waals surface area contributed by atoms with Gasteiger partial charge in [-0.25, -0.2) is 0 Å². The Hall–Kier alpha value is -2.17. The van der Waals surface area contributed by atoms with Crippen LogP contribution in [0.2, 0.25) is 0 Å². The number of nitrogens with zero attached hydrogens (tertiary/aromatic N) is 1. The van der Waals surface area contributed by atoms with Gasteiger partial charge in [-0.05, 0) is 57.4 Å². The monoisotopic (exact) mass is 345 g/mol. The lowest BCUT2D eigenvalue weighted by Gasteiger charge is -2.20. The molecule has 0 atom stereocenters. The van der Waals surface area contributed by atoms with Gasteiger partial charge in [0.25, 0.3) is 0 Å². The zero-order valence-corrected chi connectivity index (χ0v) is 15.3. The standard InChI is InChI=1S/C20H27NO4/c1-4-25-18(23)9-7-5-6-8-12-21-17-11-10-15(14-22)13-16(17)20(2,3)19(21)24/h10-11,13-14H,4-9,12H2,1-3H3. The number of hydrogen-bond donors (Lipinski definition) is 0. The van der Waals surface area contributed by atoms with Gasteiger partial charge in [0.1, 0.15) is 6.29 Å². The van der Waals surface area contributed by atoms with Gasteiger partial charge in [-0.3, -0.25) is 14.4 Å². The van der Waals surface area contributed by atoms with Crippen molar-refractivity contribution in [2.45, 2.75) is 58.3 Å². The Kier molecular flexibility index (Phi) is 6.34. The fraction of sp³-hybridized carbons (Fsp3) is 0.550. The van der Waals surface area contributed by atoms with E-state index in [2.05, 4.69) is 0 Å². The Labute approximate surface area is 149 Å². The third-order valence-electron chi connectivity index (χ3n) is 4.72. The van der Waals surface area contributed by atoms with E-state index in [-0.39, 0.29) is 11.9 Å². The molecule has 0 saturated heterocycles. The van der Waals surface area contributed by atoms with Gasteiger partial charge >= 0.3 is 5.97 Å². The lowest BCUT2D eigenvalue weighted by molar-refractivity contribution is -0.143. The summed E-state index contributed by atoms with van der Waals surface area (Å²) in [5.74, 6) is -0.0593. The van der Waals surface area contributed by atoms with Crippen LogP contribution in [-0.4, -0.2) is 31.3 Å². The molecule has 0 saturated carbocycles.